The minimum atomic E-state index is 0.116. The van der Waals surface area contributed by atoms with Gasteiger partial charge in [0.2, 0.25) is 0 Å². The molecule has 1 aromatic heterocycles. The van der Waals surface area contributed by atoms with E-state index in [9.17, 15) is 0 Å². The summed E-state index contributed by atoms with van der Waals surface area (Å²) in [6.07, 6.45) is 2.42. The molecular formula is C14H17ClN4S. The molecule has 1 aromatic carbocycles. The minimum absolute atomic E-state index is 0.116. The lowest BCUT2D eigenvalue weighted by Crippen LogP contribution is -2.38. The van der Waals surface area contributed by atoms with E-state index >= 15 is 0 Å². The monoisotopic (exact) mass is 308 g/mol. The van der Waals surface area contributed by atoms with E-state index in [0.717, 1.165) is 27.7 Å². The van der Waals surface area contributed by atoms with Crippen molar-refractivity contribution >= 4 is 29.2 Å². The largest absolute Gasteiger partial charge is 0.383 e. The van der Waals surface area contributed by atoms with Crippen LogP contribution in [-0.2, 0) is 6.42 Å². The molecule has 6 heteroatoms. The van der Waals surface area contributed by atoms with Crippen molar-refractivity contribution in [3.8, 4) is 0 Å². The van der Waals surface area contributed by atoms with Crippen molar-refractivity contribution in [3.05, 3.63) is 53.2 Å². The fourth-order valence-electron chi connectivity index (χ4n) is 1.81. The van der Waals surface area contributed by atoms with Crippen molar-refractivity contribution in [2.45, 2.75) is 17.4 Å². The molecule has 0 bridgehead atoms. The third kappa shape index (κ3) is 4.38. The third-order valence-corrected chi connectivity index (χ3v) is 4.27. The Labute approximate surface area is 127 Å². The highest BCUT2D eigenvalue weighted by Crippen LogP contribution is 2.23. The summed E-state index contributed by atoms with van der Waals surface area (Å²) in [7, 11) is 0. The van der Waals surface area contributed by atoms with Crippen molar-refractivity contribution < 1.29 is 0 Å². The lowest BCUT2D eigenvalue weighted by atomic mass is 10.1. The van der Waals surface area contributed by atoms with Crippen molar-refractivity contribution in [2.24, 2.45) is 5.84 Å². The van der Waals surface area contributed by atoms with Crippen molar-refractivity contribution in [1.82, 2.24) is 10.4 Å². The van der Waals surface area contributed by atoms with Gasteiger partial charge in [0.1, 0.15) is 5.82 Å². The molecular weight excluding hydrogens is 292 g/mol. The maximum absolute atomic E-state index is 5.97. The molecule has 1 heterocycles. The van der Waals surface area contributed by atoms with E-state index in [-0.39, 0.29) is 6.04 Å². The molecule has 0 amide bonds. The van der Waals surface area contributed by atoms with Crippen LogP contribution in [0.5, 0.6) is 0 Å². The van der Waals surface area contributed by atoms with Crippen molar-refractivity contribution in [3.63, 3.8) is 0 Å². The van der Waals surface area contributed by atoms with E-state index in [1.54, 1.807) is 18.0 Å². The van der Waals surface area contributed by atoms with Gasteiger partial charge in [-0.05, 0) is 36.2 Å². The number of nitrogens with zero attached hydrogens (tertiary/aromatic N) is 1. The Bertz CT molecular complexity index is 564. The summed E-state index contributed by atoms with van der Waals surface area (Å²) in [5.74, 6) is 6.99. The lowest BCUT2D eigenvalue weighted by molar-refractivity contribution is 0.575. The van der Waals surface area contributed by atoms with Crippen LogP contribution in [0, 0.1) is 0 Å². The minimum Gasteiger partial charge on any atom is -0.383 e. The third-order valence-electron chi connectivity index (χ3n) is 2.88. The van der Waals surface area contributed by atoms with E-state index in [2.05, 4.69) is 10.4 Å². The topological polar surface area (TPSA) is 77.0 Å². The molecule has 0 saturated carbocycles. The Hall–Kier alpha value is -1.27. The zero-order valence-corrected chi connectivity index (χ0v) is 12.5. The highest BCUT2D eigenvalue weighted by atomic mass is 35.5. The molecule has 5 N–H and O–H groups in total. The number of halogens is 1. The summed E-state index contributed by atoms with van der Waals surface area (Å²) in [6, 6.07) is 11.7. The maximum Gasteiger partial charge on any atom is 0.126 e. The first-order chi connectivity index (χ1) is 9.69. The second-order valence-corrected chi connectivity index (χ2v) is 5.91. The highest BCUT2D eigenvalue weighted by molar-refractivity contribution is 7.99. The maximum atomic E-state index is 5.97. The molecule has 1 unspecified atom stereocenters. The van der Waals surface area contributed by atoms with E-state index < -0.39 is 0 Å². The van der Waals surface area contributed by atoms with Crippen LogP contribution in [0.2, 0.25) is 5.02 Å². The number of thioether (sulfide) groups is 1. The predicted octanol–water partition coefficient (Wildman–Crippen LogP) is 2.48. The first-order valence-electron chi connectivity index (χ1n) is 6.23. The molecule has 0 aliphatic carbocycles. The van der Waals surface area contributed by atoms with Gasteiger partial charge in [-0.25, -0.2) is 4.98 Å². The summed E-state index contributed by atoms with van der Waals surface area (Å²) >= 11 is 7.67. The quantitative estimate of drug-likeness (QED) is 0.434. The van der Waals surface area contributed by atoms with E-state index in [1.807, 2.05) is 36.4 Å². The second kappa shape index (κ2) is 7.50. The Balaban J connectivity index is 1.94. The zero-order chi connectivity index (χ0) is 14.4. The standard InChI is InChI=1S/C14H17ClN4S/c15-11-4-1-5-13(8-11)20-9-12(19-17)7-10-3-2-6-18-14(10)16/h1-6,8,12,19H,7,9,17H2,(H2,16,18). The lowest BCUT2D eigenvalue weighted by Gasteiger charge is -2.16. The number of rotatable bonds is 6. The molecule has 106 valence electrons. The molecule has 0 saturated heterocycles. The molecule has 20 heavy (non-hydrogen) atoms. The van der Waals surface area contributed by atoms with Crippen LogP contribution in [0.1, 0.15) is 5.56 Å². The number of anilines is 1. The van der Waals surface area contributed by atoms with Gasteiger partial charge in [-0.15, -0.1) is 11.8 Å². The molecule has 2 rings (SSSR count). The van der Waals surface area contributed by atoms with Gasteiger partial charge in [-0.2, -0.15) is 0 Å². The van der Waals surface area contributed by atoms with Gasteiger partial charge >= 0.3 is 0 Å². The number of hydrogen-bond donors (Lipinski definition) is 3. The Kier molecular flexibility index (Phi) is 5.67. The molecule has 0 aliphatic heterocycles. The van der Waals surface area contributed by atoms with Crippen molar-refractivity contribution in [1.29, 1.82) is 0 Å². The van der Waals surface area contributed by atoms with Crippen LogP contribution in [0.4, 0.5) is 5.82 Å². The van der Waals surface area contributed by atoms with Crippen LogP contribution in [0.25, 0.3) is 0 Å². The van der Waals surface area contributed by atoms with E-state index in [0.29, 0.717) is 5.82 Å². The second-order valence-electron chi connectivity index (χ2n) is 4.38. The van der Waals surface area contributed by atoms with Crippen LogP contribution < -0.4 is 17.0 Å². The summed E-state index contributed by atoms with van der Waals surface area (Å²) < 4.78 is 0. The van der Waals surface area contributed by atoms with E-state index in [4.69, 9.17) is 23.2 Å². The molecule has 2 aromatic rings. The fraction of sp³-hybridized carbons (Fsp3) is 0.214. The Morgan fingerprint density at radius 2 is 2.15 bits per heavy atom. The number of hydrazine groups is 1. The van der Waals surface area contributed by atoms with Gasteiger partial charge in [0, 0.05) is 27.9 Å². The molecule has 4 nitrogen and oxygen atoms in total. The van der Waals surface area contributed by atoms with Gasteiger partial charge < -0.3 is 5.73 Å². The molecule has 0 radical (unpaired) electrons. The van der Waals surface area contributed by atoms with E-state index in [1.165, 1.54) is 0 Å². The summed E-state index contributed by atoms with van der Waals surface area (Å²) in [6.45, 7) is 0. The smallest absolute Gasteiger partial charge is 0.126 e. The number of aromatic nitrogens is 1. The number of nitrogens with two attached hydrogens (primary N) is 2. The number of nitrogens with one attached hydrogen (secondary N) is 1. The summed E-state index contributed by atoms with van der Waals surface area (Å²) in [5.41, 5.74) is 9.67. The number of nitrogen functional groups attached to an aromatic ring is 1. The normalized spacial score (nSPS) is 12.3. The van der Waals surface area contributed by atoms with Gasteiger partial charge in [-0.1, -0.05) is 23.7 Å². The zero-order valence-electron chi connectivity index (χ0n) is 10.9. The first-order valence-corrected chi connectivity index (χ1v) is 7.59. The molecule has 0 fully saturated rings. The summed E-state index contributed by atoms with van der Waals surface area (Å²) in [4.78, 5) is 5.20. The van der Waals surface area contributed by atoms with Crippen LogP contribution in [0.15, 0.2) is 47.5 Å². The van der Waals surface area contributed by atoms with Crippen LogP contribution in [-0.4, -0.2) is 16.8 Å². The molecule has 0 aliphatic rings. The average Bonchev–Trinajstić information content (AvgIpc) is 2.45. The SMILES string of the molecule is NNC(CSc1cccc(Cl)c1)Cc1cccnc1N. The van der Waals surface area contributed by atoms with Crippen molar-refractivity contribution in [2.75, 3.05) is 11.5 Å². The molecule has 0 spiro atoms. The summed E-state index contributed by atoms with van der Waals surface area (Å²) in [5, 5.41) is 0.740. The number of hydrogen-bond acceptors (Lipinski definition) is 5. The average molecular weight is 309 g/mol. The molecule has 1 atom stereocenters. The highest BCUT2D eigenvalue weighted by Gasteiger charge is 2.11. The van der Waals surface area contributed by atoms with Gasteiger partial charge in [0.25, 0.3) is 0 Å². The number of pyridine rings is 1. The number of benzene rings is 1. The van der Waals surface area contributed by atoms with Gasteiger partial charge in [-0.3, -0.25) is 11.3 Å². The Morgan fingerprint density at radius 3 is 2.85 bits per heavy atom. The predicted molar refractivity (Wildman–Crippen MR) is 85.6 cm³/mol. The van der Waals surface area contributed by atoms with Crippen LogP contribution >= 0.6 is 23.4 Å². The van der Waals surface area contributed by atoms with Gasteiger partial charge in [0.15, 0.2) is 0 Å². The fourth-order valence-corrected chi connectivity index (χ4v) is 3.06. The first kappa shape index (κ1) is 15.1. The van der Waals surface area contributed by atoms with Crippen LogP contribution in [0.3, 0.4) is 0 Å². The van der Waals surface area contributed by atoms with Gasteiger partial charge in [0.05, 0.1) is 0 Å². The Morgan fingerprint density at radius 1 is 1.30 bits per heavy atom.